The molecule has 3 saturated carbocycles. The van der Waals surface area contributed by atoms with E-state index in [0.717, 1.165) is 61.2 Å². The summed E-state index contributed by atoms with van der Waals surface area (Å²) in [6.07, 6.45) is 37.1. The van der Waals surface area contributed by atoms with E-state index < -0.39 is 0 Å². The van der Waals surface area contributed by atoms with Crippen LogP contribution in [-0.2, 0) is 9.53 Å². The van der Waals surface area contributed by atoms with Crippen molar-refractivity contribution >= 4 is 5.97 Å². The minimum absolute atomic E-state index is 0.0548. The van der Waals surface area contributed by atoms with Gasteiger partial charge in [0.05, 0.1) is 0 Å². The normalized spacial score (nSPS) is 32.0. The van der Waals surface area contributed by atoms with E-state index in [-0.39, 0.29) is 12.1 Å². The summed E-state index contributed by atoms with van der Waals surface area (Å²) in [5, 5.41) is 8.84. The highest BCUT2D eigenvalue weighted by atomic mass is 16.5. The Bertz CT molecular complexity index is 954. The van der Waals surface area contributed by atoms with E-state index in [1.165, 1.54) is 141 Å². The lowest BCUT2D eigenvalue weighted by molar-refractivity contribution is -0.151. The number of rotatable bonds is 23. The van der Waals surface area contributed by atoms with Crippen LogP contribution in [0, 0.1) is 46.3 Å². The summed E-state index contributed by atoms with van der Waals surface area (Å²) in [5.74, 6) is 5.30. The zero-order valence-corrected chi connectivity index (χ0v) is 32.7. The van der Waals surface area contributed by atoms with Crippen molar-refractivity contribution in [3.8, 4) is 0 Å². The van der Waals surface area contributed by atoms with Gasteiger partial charge in [0.25, 0.3) is 0 Å². The van der Waals surface area contributed by atoms with Crippen LogP contribution >= 0.6 is 0 Å². The van der Waals surface area contributed by atoms with E-state index in [1.54, 1.807) is 5.57 Å². The van der Waals surface area contributed by atoms with Crippen molar-refractivity contribution in [1.82, 2.24) is 0 Å². The van der Waals surface area contributed by atoms with Gasteiger partial charge in [0.1, 0.15) is 6.10 Å². The van der Waals surface area contributed by atoms with Crippen LogP contribution in [0.5, 0.6) is 0 Å². The molecule has 0 heterocycles. The monoisotopic (exact) mass is 669 g/mol. The highest BCUT2D eigenvalue weighted by Gasteiger charge is 2.59. The van der Waals surface area contributed by atoms with Gasteiger partial charge in [0, 0.05) is 19.4 Å². The summed E-state index contributed by atoms with van der Waals surface area (Å²) >= 11 is 0. The van der Waals surface area contributed by atoms with E-state index in [2.05, 4.69) is 40.7 Å². The molecule has 4 aliphatic carbocycles. The first-order valence-corrected chi connectivity index (χ1v) is 21.7. The molecule has 3 nitrogen and oxygen atoms in total. The van der Waals surface area contributed by atoms with Gasteiger partial charge in [-0.15, -0.1) is 0 Å². The summed E-state index contributed by atoms with van der Waals surface area (Å²) in [7, 11) is 0. The van der Waals surface area contributed by atoms with Gasteiger partial charge in [0.15, 0.2) is 0 Å². The molecule has 4 rings (SSSR count). The van der Waals surface area contributed by atoms with Crippen molar-refractivity contribution in [3.63, 3.8) is 0 Å². The minimum atomic E-state index is 0.0548. The van der Waals surface area contributed by atoms with Gasteiger partial charge in [-0.25, -0.2) is 0 Å². The lowest BCUT2D eigenvalue weighted by atomic mass is 9.47. The van der Waals surface area contributed by atoms with Crippen molar-refractivity contribution in [2.45, 2.75) is 214 Å². The van der Waals surface area contributed by atoms with Crippen molar-refractivity contribution in [2.24, 2.45) is 46.3 Å². The molecule has 0 aliphatic heterocycles. The first-order valence-electron chi connectivity index (χ1n) is 21.7. The van der Waals surface area contributed by atoms with Gasteiger partial charge in [-0.1, -0.05) is 149 Å². The third-order valence-corrected chi connectivity index (χ3v) is 14.6. The molecular formula is C45H80O3. The number of aliphatic hydroxyl groups excluding tert-OH is 1. The summed E-state index contributed by atoms with van der Waals surface area (Å²) < 4.78 is 6.13. The molecule has 0 aromatic heterocycles. The lowest BCUT2D eigenvalue weighted by Crippen LogP contribution is -2.51. The Balaban J connectivity index is 1.08. The fourth-order valence-corrected chi connectivity index (χ4v) is 11.7. The van der Waals surface area contributed by atoms with Crippen LogP contribution in [0.3, 0.4) is 0 Å². The SMILES string of the molecule is CC(C)CCC[C@@H](C)[C@H]1CC[C@@H]2[C@@H]3CC=C4C[C@@H](OC(=O)CCCCCCCCCCCCCCCCCO)CC[C@]4(C)[C@@H]3CC[C@@]21C. The van der Waals surface area contributed by atoms with Crippen LogP contribution in [0.15, 0.2) is 11.6 Å². The van der Waals surface area contributed by atoms with Gasteiger partial charge in [-0.3, -0.25) is 4.79 Å². The summed E-state index contributed by atoms with van der Waals surface area (Å²) in [6.45, 7) is 13.0. The third-order valence-electron chi connectivity index (χ3n) is 14.6. The summed E-state index contributed by atoms with van der Waals surface area (Å²) in [6, 6.07) is 0. The van der Waals surface area contributed by atoms with Crippen LogP contribution in [-0.4, -0.2) is 23.8 Å². The summed E-state index contributed by atoms with van der Waals surface area (Å²) in [4.78, 5) is 12.8. The second kappa shape index (κ2) is 20.3. The van der Waals surface area contributed by atoms with Crippen molar-refractivity contribution in [2.75, 3.05) is 6.61 Å². The Morgan fingerprint density at radius 2 is 1.35 bits per heavy atom. The molecule has 0 amide bonds. The van der Waals surface area contributed by atoms with E-state index in [4.69, 9.17) is 9.84 Å². The molecule has 0 unspecified atom stereocenters. The number of hydrogen-bond donors (Lipinski definition) is 1. The molecule has 278 valence electrons. The number of allylic oxidation sites excluding steroid dienone is 1. The second-order valence-electron chi connectivity index (χ2n) is 18.4. The zero-order chi connectivity index (χ0) is 34.4. The first-order chi connectivity index (χ1) is 23.2. The number of ether oxygens (including phenoxy) is 1. The van der Waals surface area contributed by atoms with Gasteiger partial charge in [-0.05, 0) is 104 Å². The van der Waals surface area contributed by atoms with Crippen LogP contribution in [0.1, 0.15) is 208 Å². The fraction of sp³-hybridized carbons (Fsp3) is 0.933. The lowest BCUT2D eigenvalue weighted by Gasteiger charge is -2.58. The predicted molar refractivity (Wildman–Crippen MR) is 204 cm³/mol. The molecule has 0 spiro atoms. The van der Waals surface area contributed by atoms with E-state index in [1.807, 2.05) is 0 Å². The number of carbonyl (C=O) groups is 1. The Kier molecular flexibility index (Phi) is 16.9. The number of esters is 1. The average Bonchev–Trinajstić information content (AvgIpc) is 3.42. The second-order valence-corrected chi connectivity index (χ2v) is 18.4. The topological polar surface area (TPSA) is 46.5 Å². The predicted octanol–water partition coefficient (Wildman–Crippen LogP) is 13.2. The molecule has 1 N–H and O–H groups in total. The van der Waals surface area contributed by atoms with Gasteiger partial charge >= 0.3 is 5.97 Å². The molecule has 3 fully saturated rings. The van der Waals surface area contributed by atoms with Crippen molar-refractivity contribution in [1.29, 1.82) is 0 Å². The standard InChI is InChI=1S/C45H80O3/c1-35(2)22-21-23-36(3)40-27-28-41-39-26-25-37-34-38(29-31-44(37,4)42(39)30-32-45(40,41)5)48-43(47)24-19-17-15-13-11-9-7-6-8-10-12-14-16-18-20-33-46/h25,35-36,38-42,46H,6-24,26-34H2,1-5H3/t36-,38+,39+,40-,41-,42-,44+,45-/m1/s1. The molecule has 0 aromatic carbocycles. The number of hydrogen-bond acceptors (Lipinski definition) is 3. The molecule has 0 aromatic rings. The number of fused-ring (bicyclic) bond motifs is 5. The maximum Gasteiger partial charge on any atom is 0.306 e. The maximum atomic E-state index is 12.8. The molecule has 48 heavy (non-hydrogen) atoms. The van der Waals surface area contributed by atoms with E-state index >= 15 is 0 Å². The molecule has 8 atom stereocenters. The first kappa shape index (κ1) is 39.9. The molecule has 0 saturated heterocycles. The van der Waals surface area contributed by atoms with Gasteiger partial charge in [-0.2, -0.15) is 0 Å². The number of aliphatic hydroxyl groups is 1. The zero-order valence-electron chi connectivity index (χ0n) is 32.7. The van der Waals surface area contributed by atoms with Gasteiger partial charge in [0.2, 0.25) is 0 Å². The van der Waals surface area contributed by atoms with Crippen molar-refractivity contribution < 1.29 is 14.6 Å². The highest BCUT2D eigenvalue weighted by molar-refractivity contribution is 5.69. The maximum absolute atomic E-state index is 12.8. The molecule has 3 heteroatoms. The van der Waals surface area contributed by atoms with Crippen LogP contribution in [0.4, 0.5) is 0 Å². The molecule has 4 aliphatic rings. The quantitative estimate of drug-likeness (QED) is 0.0669. The average molecular weight is 669 g/mol. The van der Waals surface area contributed by atoms with E-state index in [9.17, 15) is 4.79 Å². The van der Waals surface area contributed by atoms with Crippen LogP contribution in [0.2, 0.25) is 0 Å². The highest BCUT2D eigenvalue weighted by Crippen LogP contribution is 2.67. The molecule has 0 bridgehead atoms. The Hall–Kier alpha value is -0.830. The third kappa shape index (κ3) is 11.1. The Morgan fingerprint density at radius 1 is 0.750 bits per heavy atom. The molecular weight excluding hydrogens is 588 g/mol. The van der Waals surface area contributed by atoms with Crippen molar-refractivity contribution in [3.05, 3.63) is 11.6 Å². The fourth-order valence-electron chi connectivity index (χ4n) is 11.7. The number of carbonyl (C=O) groups excluding carboxylic acids is 1. The molecule has 0 radical (unpaired) electrons. The van der Waals surface area contributed by atoms with Crippen LogP contribution < -0.4 is 0 Å². The Morgan fingerprint density at radius 3 is 1.96 bits per heavy atom. The smallest absolute Gasteiger partial charge is 0.306 e. The Labute approximate surface area is 298 Å². The van der Waals surface area contributed by atoms with Gasteiger partial charge < -0.3 is 9.84 Å². The minimum Gasteiger partial charge on any atom is -0.462 e. The van der Waals surface area contributed by atoms with E-state index in [0.29, 0.717) is 23.9 Å². The van der Waals surface area contributed by atoms with Crippen LogP contribution in [0.25, 0.3) is 0 Å². The summed E-state index contributed by atoms with van der Waals surface area (Å²) in [5.41, 5.74) is 2.52. The number of unbranched alkanes of at least 4 members (excludes halogenated alkanes) is 14. The largest absolute Gasteiger partial charge is 0.462 e.